The van der Waals surface area contributed by atoms with Gasteiger partial charge in [0, 0.05) is 11.6 Å². The van der Waals surface area contributed by atoms with Gasteiger partial charge in [0.15, 0.2) is 0 Å². The highest BCUT2D eigenvalue weighted by Crippen LogP contribution is 2.10. The van der Waals surface area contributed by atoms with Crippen LogP contribution in [0, 0.1) is 12.7 Å². The molecule has 76 valence electrons. The summed E-state index contributed by atoms with van der Waals surface area (Å²) in [6, 6.07) is 4.27. The van der Waals surface area contributed by atoms with Crippen molar-refractivity contribution >= 4 is 5.91 Å². The molecule has 14 heavy (non-hydrogen) atoms. The van der Waals surface area contributed by atoms with Crippen molar-refractivity contribution < 1.29 is 9.18 Å². The molecule has 0 aliphatic carbocycles. The average Bonchev–Trinajstić information content (AvgIpc) is 2.08. The number of rotatable bonds is 2. The second-order valence-electron chi connectivity index (χ2n) is 3.59. The fourth-order valence-electron chi connectivity index (χ4n) is 1.18. The van der Waals surface area contributed by atoms with Crippen molar-refractivity contribution in [3.63, 3.8) is 0 Å². The summed E-state index contributed by atoms with van der Waals surface area (Å²) < 4.78 is 12.9. The van der Waals surface area contributed by atoms with E-state index in [0.29, 0.717) is 5.56 Å². The zero-order chi connectivity index (χ0) is 10.7. The normalized spacial score (nSPS) is 10.4. The Bertz CT molecular complexity index is 347. The minimum Gasteiger partial charge on any atom is -0.350 e. The van der Waals surface area contributed by atoms with Crippen LogP contribution in [0.3, 0.4) is 0 Å². The minimum atomic E-state index is -0.385. The van der Waals surface area contributed by atoms with Crippen LogP contribution in [0.4, 0.5) is 4.39 Å². The van der Waals surface area contributed by atoms with Crippen molar-refractivity contribution in [1.82, 2.24) is 5.32 Å². The summed E-state index contributed by atoms with van der Waals surface area (Å²) >= 11 is 0. The standard InChI is InChI=1S/C11H14FNO/c1-7(2)13-11(14)10-6-9(12)5-4-8(10)3/h4-7H,1-3H3,(H,13,14). The second-order valence-corrected chi connectivity index (χ2v) is 3.59. The van der Waals surface area contributed by atoms with Crippen LogP contribution in [0.5, 0.6) is 0 Å². The second kappa shape index (κ2) is 4.22. The lowest BCUT2D eigenvalue weighted by molar-refractivity contribution is 0.0942. The first-order chi connectivity index (χ1) is 6.50. The van der Waals surface area contributed by atoms with Crippen LogP contribution in [0.15, 0.2) is 18.2 Å². The smallest absolute Gasteiger partial charge is 0.251 e. The Hall–Kier alpha value is -1.38. The monoisotopic (exact) mass is 195 g/mol. The Balaban J connectivity index is 2.94. The van der Waals surface area contributed by atoms with Crippen LogP contribution in [-0.4, -0.2) is 11.9 Å². The molecule has 1 N–H and O–H groups in total. The quantitative estimate of drug-likeness (QED) is 0.770. The van der Waals surface area contributed by atoms with E-state index < -0.39 is 0 Å². The van der Waals surface area contributed by atoms with Gasteiger partial charge in [-0.3, -0.25) is 4.79 Å². The van der Waals surface area contributed by atoms with E-state index in [9.17, 15) is 9.18 Å². The zero-order valence-electron chi connectivity index (χ0n) is 8.60. The van der Waals surface area contributed by atoms with Gasteiger partial charge in [0.1, 0.15) is 5.82 Å². The highest BCUT2D eigenvalue weighted by Gasteiger charge is 2.10. The Morgan fingerprint density at radius 3 is 2.64 bits per heavy atom. The van der Waals surface area contributed by atoms with Crippen molar-refractivity contribution in [3.8, 4) is 0 Å². The molecule has 1 aromatic carbocycles. The van der Waals surface area contributed by atoms with E-state index in [2.05, 4.69) is 5.32 Å². The van der Waals surface area contributed by atoms with Crippen molar-refractivity contribution in [3.05, 3.63) is 35.1 Å². The summed E-state index contributed by atoms with van der Waals surface area (Å²) in [4.78, 5) is 11.6. The van der Waals surface area contributed by atoms with Gasteiger partial charge in [-0.05, 0) is 38.5 Å². The Kier molecular flexibility index (Phi) is 3.23. The van der Waals surface area contributed by atoms with Crippen LogP contribution in [0.1, 0.15) is 29.8 Å². The third kappa shape index (κ3) is 2.55. The predicted molar refractivity (Wildman–Crippen MR) is 53.7 cm³/mol. The zero-order valence-corrected chi connectivity index (χ0v) is 8.60. The number of carbonyl (C=O) groups is 1. The summed E-state index contributed by atoms with van der Waals surface area (Å²) in [5.74, 6) is -0.610. The number of benzene rings is 1. The van der Waals surface area contributed by atoms with Crippen molar-refractivity contribution in [2.75, 3.05) is 0 Å². The number of halogens is 1. The number of amides is 1. The van der Waals surface area contributed by atoms with Gasteiger partial charge >= 0.3 is 0 Å². The molecular weight excluding hydrogens is 181 g/mol. The molecule has 0 saturated carbocycles. The van der Waals surface area contributed by atoms with Gasteiger partial charge in [-0.2, -0.15) is 0 Å². The molecule has 0 bridgehead atoms. The maximum Gasteiger partial charge on any atom is 0.251 e. The molecule has 3 heteroatoms. The summed E-state index contributed by atoms with van der Waals surface area (Å²) in [7, 11) is 0. The van der Waals surface area contributed by atoms with Gasteiger partial charge < -0.3 is 5.32 Å². The fourth-order valence-corrected chi connectivity index (χ4v) is 1.18. The molecule has 0 spiro atoms. The molecule has 1 amide bonds. The maximum absolute atomic E-state index is 12.9. The highest BCUT2D eigenvalue weighted by atomic mass is 19.1. The Labute approximate surface area is 83.1 Å². The van der Waals surface area contributed by atoms with Crippen molar-refractivity contribution in [2.45, 2.75) is 26.8 Å². The summed E-state index contributed by atoms with van der Waals surface area (Å²) in [6.45, 7) is 5.52. The molecule has 0 saturated heterocycles. The Morgan fingerprint density at radius 2 is 2.07 bits per heavy atom. The summed E-state index contributed by atoms with van der Waals surface area (Å²) in [5.41, 5.74) is 1.18. The molecule has 2 nitrogen and oxygen atoms in total. The van der Waals surface area contributed by atoms with Crippen LogP contribution >= 0.6 is 0 Å². The molecule has 0 aromatic heterocycles. The van der Waals surface area contributed by atoms with Crippen LogP contribution in [0.25, 0.3) is 0 Å². The van der Waals surface area contributed by atoms with Crippen LogP contribution in [-0.2, 0) is 0 Å². The number of nitrogens with one attached hydrogen (secondary N) is 1. The van der Waals surface area contributed by atoms with E-state index in [1.54, 1.807) is 13.0 Å². The largest absolute Gasteiger partial charge is 0.350 e. The topological polar surface area (TPSA) is 29.1 Å². The van der Waals surface area contributed by atoms with Gasteiger partial charge in [0.2, 0.25) is 0 Å². The predicted octanol–water partition coefficient (Wildman–Crippen LogP) is 2.27. The summed E-state index contributed by atoms with van der Waals surface area (Å²) in [5, 5.41) is 2.72. The number of aryl methyl sites for hydroxylation is 1. The first-order valence-electron chi connectivity index (χ1n) is 4.57. The number of hydrogen-bond acceptors (Lipinski definition) is 1. The number of carbonyl (C=O) groups excluding carboxylic acids is 1. The molecule has 0 aliphatic rings. The average molecular weight is 195 g/mol. The van der Waals surface area contributed by atoms with E-state index in [0.717, 1.165) is 5.56 Å². The first kappa shape index (κ1) is 10.7. The summed E-state index contributed by atoms with van der Waals surface area (Å²) in [6.07, 6.45) is 0. The van der Waals surface area contributed by atoms with E-state index >= 15 is 0 Å². The Morgan fingerprint density at radius 1 is 1.43 bits per heavy atom. The third-order valence-electron chi connectivity index (χ3n) is 1.86. The molecule has 1 aromatic rings. The van der Waals surface area contributed by atoms with Crippen molar-refractivity contribution in [2.24, 2.45) is 0 Å². The van der Waals surface area contributed by atoms with Gasteiger partial charge in [-0.25, -0.2) is 4.39 Å². The molecule has 0 radical (unpaired) electrons. The van der Waals surface area contributed by atoms with Gasteiger partial charge in [-0.1, -0.05) is 6.07 Å². The van der Waals surface area contributed by atoms with Crippen LogP contribution in [0.2, 0.25) is 0 Å². The SMILES string of the molecule is Cc1ccc(F)cc1C(=O)NC(C)C. The molecule has 0 atom stereocenters. The number of hydrogen-bond donors (Lipinski definition) is 1. The molecular formula is C11H14FNO. The van der Waals surface area contributed by atoms with Gasteiger partial charge in [0.25, 0.3) is 5.91 Å². The fraction of sp³-hybridized carbons (Fsp3) is 0.364. The van der Waals surface area contributed by atoms with E-state index in [4.69, 9.17) is 0 Å². The van der Waals surface area contributed by atoms with E-state index in [-0.39, 0.29) is 17.8 Å². The lowest BCUT2D eigenvalue weighted by Crippen LogP contribution is -2.30. The lowest BCUT2D eigenvalue weighted by Gasteiger charge is -2.10. The third-order valence-corrected chi connectivity index (χ3v) is 1.86. The van der Waals surface area contributed by atoms with E-state index in [1.165, 1.54) is 12.1 Å². The van der Waals surface area contributed by atoms with Crippen molar-refractivity contribution in [1.29, 1.82) is 0 Å². The van der Waals surface area contributed by atoms with Gasteiger partial charge in [0.05, 0.1) is 0 Å². The molecule has 0 fully saturated rings. The molecule has 0 unspecified atom stereocenters. The van der Waals surface area contributed by atoms with Crippen LogP contribution < -0.4 is 5.32 Å². The molecule has 0 heterocycles. The molecule has 0 aliphatic heterocycles. The minimum absolute atomic E-state index is 0.0603. The highest BCUT2D eigenvalue weighted by molar-refractivity contribution is 5.95. The maximum atomic E-state index is 12.9. The first-order valence-corrected chi connectivity index (χ1v) is 4.57. The lowest BCUT2D eigenvalue weighted by atomic mass is 10.1. The van der Waals surface area contributed by atoms with E-state index in [1.807, 2.05) is 13.8 Å². The van der Waals surface area contributed by atoms with Gasteiger partial charge in [-0.15, -0.1) is 0 Å². The molecule has 1 rings (SSSR count).